The van der Waals surface area contributed by atoms with Crippen LogP contribution in [0.1, 0.15) is 45.4 Å². The van der Waals surface area contributed by atoms with Gasteiger partial charge in [0.05, 0.1) is 24.7 Å². The number of carbonyl (C=O) groups excluding carboxylic acids is 1. The molecular weight excluding hydrogens is 379 g/mol. The van der Waals surface area contributed by atoms with Crippen LogP contribution in [0.5, 0.6) is 0 Å². The molecule has 0 radical (unpaired) electrons. The fraction of sp³-hybridized carbons (Fsp3) is 0.800. The number of carbonyl (C=O) groups is 1. The van der Waals surface area contributed by atoms with Crippen molar-refractivity contribution in [1.29, 1.82) is 0 Å². The molecule has 0 aromatic rings. The Morgan fingerprint density at radius 2 is 1.88 bits per heavy atom. The van der Waals surface area contributed by atoms with Gasteiger partial charge in [0.2, 0.25) is 0 Å². The van der Waals surface area contributed by atoms with E-state index in [2.05, 4.69) is 4.18 Å². The third-order valence-electron chi connectivity index (χ3n) is 4.51. The van der Waals surface area contributed by atoms with Crippen molar-refractivity contribution in [2.24, 2.45) is 11.7 Å². The quantitative estimate of drug-likeness (QED) is 0.428. The number of halogens is 3. The van der Waals surface area contributed by atoms with E-state index in [1.165, 1.54) is 0 Å². The third-order valence-corrected chi connectivity index (χ3v) is 5.45. The molecule has 0 unspecified atom stereocenters. The lowest BCUT2D eigenvalue weighted by Gasteiger charge is -2.40. The van der Waals surface area contributed by atoms with Gasteiger partial charge < -0.3 is 19.4 Å². The molecule has 0 amide bonds. The molecule has 2 rings (SSSR count). The first-order valence-corrected chi connectivity index (χ1v) is 9.76. The zero-order valence-corrected chi connectivity index (χ0v) is 15.1. The maximum Gasteiger partial charge on any atom is 0.534 e. The van der Waals surface area contributed by atoms with Gasteiger partial charge in [-0.2, -0.15) is 21.6 Å². The van der Waals surface area contributed by atoms with Crippen LogP contribution in [0.3, 0.4) is 0 Å². The Morgan fingerprint density at radius 3 is 2.42 bits per heavy atom. The smallest absolute Gasteiger partial charge is 0.401 e. The van der Waals surface area contributed by atoms with E-state index in [0.29, 0.717) is 32.5 Å². The highest BCUT2D eigenvalue weighted by molar-refractivity contribution is 7.88. The number of hydrogen-bond donors (Lipinski definition) is 1. The lowest BCUT2D eigenvalue weighted by molar-refractivity contribution is -0.203. The number of ether oxygens (including phenoxy) is 2. The van der Waals surface area contributed by atoms with Gasteiger partial charge in [0.25, 0.3) is 0 Å². The van der Waals surface area contributed by atoms with E-state index in [9.17, 15) is 26.4 Å². The highest BCUT2D eigenvalue weighted by Gasteiger charge is 2.51. The van der Waals surface area contributed by atoms with Gasteiger partial charge in [0, 0.05) is 12.1 Å². The van der Waals surface area contributed by atoms with Gasteiger partial charge in [0.15, 0.2) is 5.79 Å². The van der Waals surface area contributed by atoms with Crippen LogP contribution in [0, 0.1) is 5.92 Å². The molecule has 2 fully saturated rings. The normalized spacial score (nSPS) is 24.4. The molecule has 2 aliphatic rings. The second kappa shape index (κ2) is 7.73. The first kappa shape index (κ1) is 21.0. The summed E-state index contributed by atoms with van der Waals surface area (Å²) in [7, 11) is -6.05. The van der Waals surface area contributed by atoms with Crippen LogP contribution in [-0.2, 0) is 28.6 Å². The summed E-state index contributed by atoms with van der Waals surface area (Å²) in [5.41, 5.74) is 0.0908. The largest absolute Gasteiger partial charge is 0.534 e. The summed E-state index contributed by atoms with van der Waals surface area (Å²) in [6.07, 6.45) is 2.98. The Bertz CT molecular complexity index is 667. The van der Waals surface area contributed by atoms with E-state index < -0.39 is 33.3 Å². The third kappa shape index (κ3) is 4.15. The van der Waals surface area contributed by atoms with Gasteiger partial charge in [0.1, 0.15) is 0 Å². The van der Waals surface area contributed by atoms with E-state index in [0.717, 1.165) is 12.8 Å². The molecule has 11 heteroatoms. The summed E-state index contributed by atoms with van der Waals surface area (Å²) in [4.78, 5) is 12.2. The molecule has 1 aliphatic carbocycles. The monoisotopic (exact) mass is 401 g/mol. The van der Waals surface area contributed by atoms with Gasteiger partial charge in [-0.25, -0.2) is 4.79 Å². The summed E-state index contributed by atoms with van der Waals surface area (Å²) in [5.74, 6) is -3.19. The highest BCUT2D eigenvalue weighted by atomic mass is 32.2. The molecule has 0 aromatic carbocycles. The van der Waals surface area contributed by atoms with Crippen molar-refractivity contribution in [3.8, 4) is 0 Å². The van der Waals surface area contributed by atoms with Crippen molar-refractivity contribution in [3.63, 3.8) is 0 Å². The fourth-order valence-electron chi connectivity index (χ4n) is 3.34. The lowest BCUT2D eigenvalue weighted by Crippen LogP contribution is -2.45. The number of nitrogens with two attached hydrogens (primary N) is 1. The molecule has 1 saturated heterocycles. The van der Waals surface area contributed by atoms with Gasteiger partial charge >= 0.3 is 21.6 Å². The molecule has 1 aliphatic heterocycles. The molecule has 1 atom stereocenters. The molecule has 0 aromatic heterocycles. The van der Waals surface area contributed by atoms with Gasteiger partial charge in [-0.1, -0.05) is 19.8 Å². The van der Waals surface area contributed by atoms with Crippen molar-refractivity contribution in [3.05, 3.63) is 11.3 Å². The summed E-state index contributed by atoms with van der Waals surface area (Å²) in [6.45, 7) is 2.37. The first-order valence-electron chi connectivity index (χ1n) is 8.35. The first-order chi connectivity index (χ1) is 12.0. The van der Waals surface area contributed by atoms with E-state index in [1.807, 2.05) is 0 Å². The van der Waals surface area contributed by atoms with E-state index in [4.69, 9.17) is 15.2 Å². The van der Waals surface area contributed by atoms with Crippen LogP contribution >= 0.6 is 0 Å². The Morgan fingerprint density at radius 1 is 1.27 bits per heavy atom. The van der Waals surface area contributed by atoms with Crippen molar-refractivity contribution in [2.45, 2.75) is 56.7 Å². The van der Waals surface area contributed by atoms with Crippen LogP contribution in [0.2, 0.25) is 0 Å². The van der Waals surface area contributed by atoms with Gasteiger partial charge in [-0.15, -0.1) is 0 Å². The van der Waals surface area contributed by atoms with Gasteiger partial charge in [-0.3, -0.25) is 0 Å². The van der Waals surface area contributed by atoms with Crippen molar-refractivity contribution >= 4 is 16.1 Å². The van der Waals surface area contributed by atoms with Crippen LogP contribution < -0.4 is 5.73 Å². The van der Waals surface area contributed by atoms with Crippen LogP contribution in [-0.4, -0.2) is 38.9 Å². The maximum absolute atomic E-state index is 12.5. The Labute approximate surface area is 149 Å². The average Bonchev–Trinajstić information content (AvgIpc) is 2.99. The molecule has 1 spiro atoms. The molecule has 2 N–H and O–H groups in total. The highest BCUT2D eigenvalue weighted by Crippen LogP contribution is 2.44. The average molecular weight is 401 g/mol. The summed E-state index contributed by atoms with van der Waals surface area (Å²) in [5, 5.41) is 0. The zero-order chi connectivity index (χ0) is 19.6. The second-order valence-electron chi connectivity index (χ2n) is 6.26. The van der Waals surface area contributed by atoms with E-state index in [-0.39, 0.29) is 17.7 Å². The Balaban J connectivity index is 2.35. The summed E-state index contributed by atoms with van der Waals surface area (Å²) in [6, 6.07) is 0. The SMILES string of the molecule is CCC/C(C(=O)OS(=O)(=O)C(F)(F)F)=C(/N)[C@H]1CCCCC12OCCO2. The number of hydrogen-bond acceptors (Lipinski definition) is 7. The summed E-state index contributed by atoms with van der Waals surface area (Å²) >= 11 is 0. The standard InChI is InChI=1S/C15H22F3NO6S/c1-2-5-10(13(20)25-26(21,22)15(16,17)18)12(19)11-6-3-4-7-14(11)23-8-9-24-14/h11H,2-9,19H2,1H3/b12-10-/t11-/m1/s1. The molecule has 26 heavy (non-hydrogen) atoms. The van der Waals surface area contributed by atoms with E-state index in [1.54, 1.807) is 6.92 Å². The van der Waals surface area contributed by atoms with Crippen molar-refractivity contribution in [2.75, 3.05) is 13.2 Å². The zero-order valence-electron chi connectivity index (χ0n) is 14.3. The van der Waals surface area contributed by atoms with Crippen LogP contribution in [0.25, 0.3) is 0 Å². The predicted molar refractivity (Wildman–Crippen MR) is 83.8 cm³/mol. The molecule has 0 bridgehead atoms. The minimum absolute atomic E-state index is 0.0232. The van der Waals surface area contributed by atoms with Crippen LogP contribution in [0.15, 0.2) is 11.3 Å². The van der Waals surface area contributed by atoms with Crippen molar-refractivity contribution in [1.82, 2.24) is 0 Å². The number of alkyl halides is 3. The van der Waals surface area contributed by atoms with Crippen LogP contribution in [0.4, 0.5) is 13.2 Å². The molecule has 7 nitrogen and oxygen atoms in total. The predicted octanol–water partition coefficient (Wildman–Crippen LogP) is 2.33. The minimum Gasteiger partial charge on any atom is -0.401 e. The molecule has 1 saturated carbocycles. The fourth-order valence-corrected chi connectivity index (χ4v) is 3.74. The molecule has 150 valence electrons. The molecular formula is C15H22F3NO6S. The van der Waals surface area contributed by atoms with E-state index >= 15 is 0 Å². The lowest BCUT2D eigenvalue weighted by atomic mass is 9.79. The Hall–Kier alpha value is -1.33. The van der Waals surface area contributed by atoms with Gasteiger partial charge in [-0.05, 0) is 19.3 Å². The topological polar surface area (TPSA) is 105 Å². The Kier molecular flexibility index (Phi) is 6.24. The summed E-state index contributed by atoms with van der Waals surface area (Å²) < 4.78 is 74.9. The van der Waals surface area contributed by atoms with Crippen molar-refractivity contribution < 1.29 is 40.0 Å². The number of rotatable bonds is 5. The molecule has 1 heterocycles. The maximum atomic E-state index is 12.5. The minimum atomic E-state index is -6.05. The second-order valence-corrected chi connectivity index (χ2v) is 7.80.